The quantitative estimate of drug-likeness (QED) is 0.679. The molecule has 0 heterocycles. The van der Waals surface area contributed by atoms with Crippen molar-refractivity contribution < 1.29 is 49.0 Å². The van der Waals surface area contributed by atoms with Crippen molar-refractivity contribution >= 4 is 5.78 Å². The van der Waals surface area contributed by atoms with Crippen LogP contribution in [0.2, 0.25) is 0 Å². The maximum atomic E-state index is 14.1. The van der Waals surface area contributed by atoms with Crippen LogP contribution in [0.5, 0.6) is 5.75 Å². The summed E-state index contributed by atoms with van der Waals surface area (Å²) in [5.41, 5.74) is -0.305. The lowest BCUT2D eigenvalue weighted by Gasteiger charge is -2.38. The van der Waals surface area contributed by atoms with E-state index in [2.05, 4.69) is 0 Å². The third-order valence-electron chi connectivity index (χ3n) is 4.21. The van der Waals surface area contributed by atoms with Gasteiger partial charge in [-0.2, -0.15) is 39.5 Å². The van der Waals surface area contributed by atoms with Crippen LogP contribution in [0.25, 0.3) is 0 Å². The van der Waals surface area contributed by atoms with Crippen LogP contribution >= 0.6 is 0 Å². The minimum atomic E-state index is -7.02. The number of aryl methyl sites for hydroxylation is 1. The molecule has 0 N–H and O–H groups in total. The van der Waals surface area contributed by atoms with Gasteiger partial charge in [0, 0.05) is 5.56 Å². The second-order valence-corrected chi connectivity index (χ2v) is 5.75. The lowest BCUT2D eigenvalue weighted by molar-refractivity contribution is -0.400. The van der Waals surface area contributed by atoms with Crippen LogP contribution in [0.3, 0.4) is 0 Å². The van der Waals surface area contributed by atoms with E-state index in [0.29, 0.717) is 0 Å². The van der Waals surface area contributed by atoms with Gasteiger partial charge < -0.3 is 4.74 Å². The van der Waals surface area contributed by atoms with E-state index in [4.69, 9.17) is 4.74 Å². The number of ketones is 1. The fourth-order valence-corrected chi connectivity index (χ4v) is 2.70. The van der Waals surface area contributed by atoms with Gasteiger partial charge in [0.15, 0.2) is 5.78 Å². The number of alkyl halides is 9. The third kappa shape index (κ3) is 2.81. The summed E-state index contributed by atoms with van der Waals surface area (Å²) >= 11 is 0. The molecule has 0 aromatic heterocycles. The first-order valence-electron chi connectivity index (χ1n) is 7.09. The number of rotatable bonds is 4. The van der Waals surface area contributed by atoms with E-state index in [1.807, 2.05) is 0 Å². The lowest BCUT2D eigenvalue weighted by Crippen LogP contribution is -2.64. The molecule has 2 nitrogen and oxygen atoms in total. The Kier molecular flexibility index (Phi) is 4.74. The number of carbonyl (C=O) groups is 1. The van der Waals surface area contributed by atoms with Gasteiger partial charge in [-0.05, 0) is 30.5 Å². The van der Waals surface area contributed by atoms with Crippen molar-refractivity contribution in [2.45, 2.75) is 36.8 Å². The second-order valence-electron chi connectivity index (χ2n) is 5.75. The van der Waals surface area contributed by atoms with Crippen LogP contribution in [0.1, 0.15) is 22.3 Å². The number of hydrogen-bond donors (Lipinski definition) is 0. The van der Waals surface area contributed by atoms with E-state index in [-0.39, 0.29) is 17.7 Å². The van der Waals surface area contributed by atoms with Gasteiger partial charge in [-0.3, -0.25) is 4.79 Å². The van der Waals surface area contributed by atoms with Crippen LogP contribution in [0, 0.1) is 5.92 Å². The topological polar surface area (TPSA) is 26.3 Å². The predicted octanol–water partition coefficient (Wildman–Crippen LogP) is 4.91. The van der Waals surface area contributed by atoms with Crippen molar-refractivity contribution in [2.75, 3.05) is 7.11 Å². The molecule has 1 aliphatic rings. The summed E-state index contributed by atoms with van der Waals surface area (Å²) in [4.78, 5) is 12.2. The minimum absolute atomic E-state index is 0.00782. The standard InChI is InChI=1S/C15H11F9O2/c1-26-8-4-2-7-3-5-10(11(25)9(7)6-8)12(16,17)13(18,19)14(20,21)15(22,23)24/h2,4,6,10H,3,5H2,1H3. The molecule has 0 spiro atoms. The summed E-state index contributed by atoms with van der Waals surface area (Å²) in [5.74, 6) is -24.4. The van der Waals surface area contributed by atoms with Crippen molar-refractivity contribution in [1.82, 2.24) is 0 Å². The second kappa shape index (κ2) is 6.05. The number of ether oxygens (including phenoxy) is 1. The molecular weight excluding hydrogens is 383 g/mol. The Morgan fingerprint density at radius 1 is 0.962 bits per heavy atom. The average molecular weight is 394 g/mol. The number of carbonyl (C=O) groups excluding carboxylic acids is 1. The smallest absolute Gasteiger partial charge is 0.460 e. The zero-order chi connectivity index (χ0) is 20.1. The van der Waals surface area contributed by atoms with Gasteiger partial charge in [-0.15, -0.1) is 0 Å². The average Bonchev–Trinajstić information content (AvgIpc) is 2.53. The van der Waals surface area contributed by atoms with Gasteiger partial charge in [0.1, 0.15) is 5.75 Å². The maximum Gasteiger partial charge on any atom is 0.460 e. The van der Waals surface area contributed by atoms with Crippen LogP contribution in [-0.4, -0.2) is 36.8 Å². The molecule has 0 aliphatic heterocycles. The Labute approximate surface area is 140 Å². The van der Waals surface area contributed by atoms with E-state index >= 15 is 0 Å². The molecule has 1 atom stereocenters. The molecular formula is C15H11F9O2. The summed E-state index contributed by atoms with van der Waals surface area (Å²) in [6.45, 7) is 0. The van der Waals surface area contributed by atoms with Gasteiger partial charge in [0.25, 0.3) is 0 Å². The molecule has 1 unspecified atom stereocenters. The highest BCUT2D eigenvalue weighted by molar-refractivity contribution is 6.01. The number of hydrogen-bond acceptors (Lipinski definition) is 2. The molecule has 0 saturated carbocycles. The normalized spacial score (nSPS) is 19.3. The van der Waals surface area contributed by atoms with Crippen molar-refractivity contribution in [3.63, 3.8) is 0 Å². The van der Waals surface area contributed by atoms with Crippen molar-refractivity contribution in [1.29, 1.82) is 0 Å². The van der Waals surface area contributed by atoms with E-state index in [0.717, 1.165) is 6.07 Å². The first kappa shape index (κ1) is 20.4. The lowest BCUT2D eigenvalue weighted by atomic mass is 9.76. The fraction of sp³-hybridized carbons (Fsp3) is 0.533. The number of halogens is 9. The zero-order valence-electron chi connectivity index (χ0n) is 12.9. The first-order chi connectivity index (χ1) is 11.7. The molecule has 0 fully saturated rings. The van der Waals surface area contributed by atoms with Crippen molar-refractivity contribution in [2.24, 2.45) is 5.92 Å². The molecule has 0 radical (unpaired) electrons. The maximum absolute atomic E-state index is 14.1. The van der Waals surface area contributed by atoms with Gasteiger partial charge in [0.2, 0.25) is 0 Å². The molecule has 0 bridgehead atoms. The van der Waals surface area contributed by atoms with Gasteiger partial charge >= 0.3 is 23.9 Å². The molecule has 0 amide bonds. The van der Waals surface area contributed by atoms with Crippen molar-refractivity contribution in [3.8, 4) is 5.75 Å². The Balaban J connectivity index is 2.48. The monoisotopic (exact) mass is 394 g/mol. The number of methoxy groups -OCH3 is 1. The summed E-state index contributed by atoms with van der Waals surface area (Å²) in [6, 6.07) is 3.60. The van der Waals surface area contributed by atoms with E-state index < -0.39 is 47.6 Å². The van der Waals surface area contributed by atoms with Crippen LogP contribution in [0.4, 0.5) is 39.5 Å². The summed E-state index contributed by atoms with van der Waals surface area (Å²) < 4.78 is 123. The SMILES string of the molecule is COc1ccc2c(c1)C(=O)C(C(F)(F)C(F)(F)C(F)(F)C(F)(F)F)CC2. The molecule has 11 heteroatoms. The molecule has 146 valence electrons. The third-order valence-corrected chi connectivity index (χ3v) is 4.21. The Morgan fingerprint density at radius 3 is 2.04 bits per heavy atom. The highest BCUT2D eigenvalue weighted by atomic mass is 19.4. The summed E-state index contributed by atoms with van der Waals surface area (Å²) in [6.07, 6.45) is -8.30. The summed E-state index contributed by atoms with van der Waals surface area (Å²) in [5, 5.41) is 0. The van der Waals surface area contributed by atoms with Crippen LogP contribution < -0.4 is 4.74 Å². The molecule has 1 aromatic rings. The molecule has 1 aromatic carbocycles. The molecule has 26 heavy (non-hydrogen) atoms. The van der Waals surface area contributed by atoms with Gasteiger partial charge in [-0.1, -0.05) is 6.07 Å². The van der Waals surface area contributed by atoms with Crippen LogP contribution in [-0.2, 0) is 6.42 Å². The minimum Gasteiger partial charge on any atom is -0.497 e. The predicted molar refractivity (Wildman–Crippen MR) is 70.0 cm³/mol. The fourth-order valence-electron chi connectivity index (χ4n) is 2.70. The van der Waals surface area contributed by atoms with Gasteiger partial charge in [-0.25, -0.2) is 0 Å². The highest BCUT2D eigenvalue weighted by Crippen LogP contribution is 2.56. The zero-order valence-corrected chi connectivity index (χ0v) is 12.9. The Morgan fingerprint density at radius 2 is 1.54 bits per heavy atom. The number of Topliss-reactive ketones (excluding diaryl/α,β-unsaturated/α-hetero) is 1. The molecule has 0 saturated heterocycles. The van der Waals surface area contributed by atoms with Crippen LogP contribution in [0.15, 0.2) is 18.2 Å². The van der Waals surface area contributed by atoms with E-state index in [1.165, 1.54) is 19.2 Å². The number of benzene rings is 1. The highest BCUT2D eigenvalue weighted by Gasteiger charge is 2.83. The van der Waals surface area contributed by atoms with E-state index in [1.54, 1.807) is 0 Å². The largest absolute Gasteiger partial charge is 0.497 e. The van der Waals surface area contributed by atoms with Gasteiger partial charge in [0.05, 0.1) is 13.0 Å². The molecule has 1 aliphatic carbocycles. The number of fused-ring (bicyclic) bond motifs is 1. The summed E-state index contributed by atoms with van der Waals surface area (Å²) in [7, 11) is 1.17. The van der Waals surface area contributed by atoms with Crippen molar-refractivity contribution in [3.05, 3.63) is 29.3 Å². The van der Waals surface area contributed by atoms with E-state index in [9.17, 15) is 44.3 Å². The Bertz CT molecular complexity index is 710. The molecule has 2 rings (SSSR count). The Hall–Kier alpha value is -1.94. The first-order valence-corrected chi connectivity index (χ1v) is 7.09.